The number of benzene rings is 1. The number of hydrogen-bond donors (Lipinski definition) is 0. The van der Waals surface area contributed by atoms with Crippen LogP contribution < -0.4 is 0 Å². The lowest BCUT2D eigenvalue weighted by Crippen LogP contribution is -1.88. The highest BCUT2D eigenvalue weighted by Crippen LogP contribution is 2.50. The van der Waals surface area contributed by atoms with Crippen molar-refractivity contribution in [1.29, 1.82) is 0 Å². The van der Waals surface area contributed by atoms with E-state index in [1.54, 1.807) is 0 Å². The van der Waals surface area contributed by atoms with Crippen molar-refractivity contribution in [3.05, 3.63) is 56.3 Å². The summed E-state index contributed by atoms with van der Waals surface area (Å²) in [4.78, 5) is 1.24. The van der Waals surface area contributed by atoms with Gasteiger partial charge >= 0.3 is 0 Å². The highest BCUT2D eigenvalue weighted by atomic mass is 32.1. The van der Waals surface area contributed by atoms with Crippen molar-refractivity contribution >= 4 is 22.7 Å². The van der Waals surface area contributed by atoms with Crippen molar-refractivity contribution in [2.45, 2.75) is 12.8 Å². The molecule has 6 heteroatoms. The molecule has 110 valence electrons. The van der Waals surface area contributed by atoms with E-state index < -0.39 is 21.9 Å². The van der Waals surface area contributed by atoms with Crippen LogP contribution in [0.1, 0.15) is 22.3 Å². The first-order chi connectivity index (χ1) is 10.5. The van der Waals surface area contributed by atoms with Crippen LogP contribution in [0.5, 0.6) is 0 Å². The van der Waals surface area contributed by atoms with Gasteiger partial charge < -0.3 is 0 Å². The van der Waals surface area contributed by atoms with Crippen LogP contribution >= 0.6 is 22.7 Å². The predicted octanol–water partition coefficient (Wildman–Crippen LogP) is 5.51. The largest absolute Gasteiger partial charge is 0.213 e. The third kappa shape index (κ3) is 1.42. The molecule has 0 atom stereocenters. The minimum Gasteiger partial charge on any atom is -0.202 e. The summed E-state index contributed by atoms with van der Waals surface area (Å²) in [5, 5.41) is -1.58. The lowest BCUT2D eigenvalue weighted by atomic mass is 10.0. The second-order valence-corrected chi connectivity index (χ2v) is 7.46. The van der Waals surface area contributed by atoms with Crippen LogP contribution in [0.15, 0.2) is 12.1 Å². The van der Waals surface area contributed by atoms with Crippen LogP contribution in [0, 0.1) is 21.9 Å². The second kappa shape index (κ2) is 4.00. The molecule has 2 aromatic heterocycles. The molecule has 2 aliphatic rings. The summed E-state index contributed by atoms with van der Waals surface area (Å²) in [6.07, 6.45) is 0.658. The predicted molar refractivity (Wildman–Crippen MR) is 78.5 cm³/mol. The maximum Gasteiger partial charge on any atom is 0.213 e. The maximum atomic E-state index is 13.8. The Morgan fingerprint density at radius 3 is 1.50 bits per heavy atom. The van der Waals surface area contributed by atoms with E-state index in [0.29, 0.717) is 33.7 Å². The minimum absolute atomic E-state index is 0.329. The summed E-state index contributed by atoms with van der Waals surface area (Å²) < 4.78 is 54.3. The van der Waals surface area contributed by atoms with Crippen LogP contribution in [0.3, 0.4) is 0 Å². The number of halogens is 4. The van der Waals surface area contributed by atoms with Gasteiger partial charge in [-0.05, 0) is 34.4 Å². The maximum absolute atomic E-state index is 13.8. The van der Waals surface area contributed by atoms with Gasteiger partial charge in [0, 0.05) is 33.7 Å². The highest BCUT2D eigenvalue weighted by Gasteiger charge is 2.33. The van der Waals surface area contributed by atoms with Gasteiger partial charge in [-0.2, -0.15) is 8.78 Å². The molecule has 0 fully saturated rings. The molecular formula is C16H6F4S2. The molecule has 0 amide bonds. The molecule has 0 saturated heterocycles. The molecule has 2 heterocycles. The summed E-state index contributed by atoms with van der Waals surface area (Å²) in [7, 11) is 0. The first-order valence-corrected chi connectivity index (χ1v) is 8.27. The van der Waals surface area contributed by atoms with Gasteiger partial charge in [-0.1, -0.05) is 0 Å². The fourth-order valence-corrected chi connectivity index (χ4v) is 5.32. The molecule has 1 aromatic carbocycles. The van der Waals surface area contributed by atoms with E-state index in [-0.39, 0.29) is 0 Å². The van der Waals surface area contributed by atoms with E-state index >= 15 is 0 Å². The Morgan fingerprint density at radius 2 is 1.09 bits per heavy atom. The Morgan fingerprint density at radius 1 is 0.682 bits per heavy atom. The van der Waals surface area contributed by atoms with Crippen LogP contribution in [-0.2, 0) is 12.8 Å². The molecule has 0 saturated carbocycles. The molecule has 5 rings (SSSR count). The van der Waals surface area contributed by atoms with Crippen molar-refractivity contribution in [1.82, 2.24) is 0 Å². The molecular weight excluding hydrogens is 332 g/mol. The molecule has 0 N–H and O–H groups in total. The Hall–Kier alpha value is -1.66. The smallest absolute Gasteiger partial charge is 0.202 e. The summed E-state index contributed by atoms with van der Waals surface area (Å²) in [5.41, 5.74) is 4.20. The van der Waals surface area contributed by atoms with Gasteiger partial charge in [0.05, 0.1) is 0 Å². The highest BCUT2D eigenvalue weighted by molar-refractivity contribution is 7.14. The van der Waals surface area contributed by atoms with Crippen LogP contribution in [0.2, 0.25) is 0 Å². The zero-order chi connectivity index (χ0) is 15.2. The molecule has 3 aromatic rings. The zero-order valence-corrected chi connectivity index (χ0v) is 12.5. The lowest BCUT2D eigenvalue weighted by molar-refractivity contribution is 0.524. The number of fused-ring (bicyclic) bond motifs is 6. The summed E-state index contributed by atoms with van der Waals surface area (Å²) >= 11 is 1.62. The standard InChI is InChI=1S/C16H6F4S2/c17-11-9-3-5-1-7-6(2-8(5)14(9)22-16(11)20)4-10-12(18)15(19)21-13(7)10/h1-2H,3-4H2. The van der Waals surface area contributed by atoms with E-state index in [1.807, 2.05) is 12.1 Å². The van der Waals surface area contributed by atoms with Gasteiger partial charge in [0.25, 0.3) is 0 Å². The molecule has 0 radical (unpaired) electrons. The quantitative estimate of drug-likeness (QED) is 0.327. The normalized spacial score (nSPS) is 14.0. The van der Waals surface area contributed by atoms with Crippen molar-refractivity contribution in [2.75, 3.05) is 0 Å². The van der Waals surface area contributed by atoms with Gasteiger partial charge in [-0.25, -0.2) is 8.78 Å². The Labute approximate surface area is 130 Å². The van der Waals surface area contributed by atoms with Gasteiger partial charge in [0.15, 0.2) is 11.6 Å². The number of hydrogen-bond acceptors (Lipinski definition) is 2. The average molecular weight is 338 g/mol. The van der Waals surface area contributed by atoms with Crippen molar-refractivity contribution in [3.63, 3.8) is 0 Å². The summed E-state index contributed by atoms with van der Waals surface area (Å²) in [6, 6.07) is 3.74. The zero-order valence-electron chi connectivity index (χ0n) is 10.9. The Kier molecular flexibility index (Phi) is 2.33. The third-order valence-corrected chi connectivity index (χ3v) is 6.42. The second-order valence-electron chi connectivity index (χ2n) is 5.51. The molecule has 0 aliphatic heterocycles. The average Bonchev–Trinajstić information content (AvgIpc) is 3.16. The van der Waals surface area contributed by atoms with Crippen molar-refractivity contribution in [2.24, 2.45) is 0 Å². The number of rotatable bonds is 0. The van der Waals surface area contributed by atoms with Gasteiger partial charge in [0.2, 0.25) is 10.3 Å². The molecule has 0 bridgehead atoms. The number of thiophene rings is 2. The van der Waals surface area contributed by atoms with E-state index in [2.05, 4.69) is 0 Å². The first kappa shape index (κ1) is 12.8. The monoisotopic (exact) mass is 338 g/mol. The fourth-order valence-electron chi connectivity index (χ4n) is 3.36. The molecule has 2 aliphatic carbocycles. The fraction of sp³-hybridized carbons (Fsp3) is 0.125. The van der Waals surface area contributed by atoms with E-state index in [0.717, 1.165) is 44.9 Å². The Balaban J connectivity index is 1.73. The van der Waals surface area contributed by atoms with Crippen LogP contribution in [-0.4, -0.2) is 0 Å². The third-order valence-electron chi connectivity index (χ3n) is 4.36. The summed E-state index contributed by atoms with van der Waals surface area (Å²) in [5.74, 6) is -1.55. The van der Waals surface area contributed by atoms with Crippen molar-refractivity contribution in [3.8, 4) is 20.9 Å². The van der Waals surface area contributed by atoms with E-state index in [9.17, 15) is 17.6 Å². The van der Waals surface area contributed by atoms with Gasteiger partial charge in [0.1, 0.15) is 0 Å². The van der Waals surface area contributed by atoms with Gasteiger partial charge in [-0.3, -0.25) is 0 Å². The lowest BCUT2D eigenvalue weighted by Gasteiger charge is -2.05. The SMILES string of the molecule is Fc1sc2c(c1F)Cc1cc3c(cc1-2)Cc1c-3sc(F)c1F. The van der Waals surface area contributed by atoms with E-state index in [4.69, 9.17) is 0 Å². The Bertz CT molecular complexity index is 901. The van der Waals surface area contributed by atoms with Crippen LogP contribution in [0.4, 0.5) is 17.6 Å². The molecule has 0 nitrogen and oxygen atoms in total. The van der Waals surface area contributed by atoms with Crippen LogP contribution in [0.25, 0.3) is 20.9 Å². The topological polar surface area (TPSA) is 0 Å². The molecule has 22 heavy (non-hydrogen) atoms. The summed E-state index contributed by atoms with van der Waals surface area (Å²) in [6.45, 7) is 0. The first-order valence-electron chi connectivity index (χ1n) is 6.64. The van der Waals surface area contributed by atoms with Crippen molar-refractivity contribution < 1.29 is 17.6 Å². The molecule has 0 unspecified atom stereocenters. The van der Waals surface area contributed by atoms with Gasteiger partial charge in [-0.15, -0.1) is 22.7 Å². The minimum atomic E-state index is -0.789. The molecule has 0 spiro atoms. The van der Waals surface area contributed by atoms with E-state index in [1.165, 1.54) is 0 Å².